The van der Waals surface area contributed by atoms with Crippen molar-refractivity contribution in [3.63, 3.8) is 0 Å². The lowest BCUT2D eigenvalue weighted by molar-refractivity contribution is -0.117. The molecule has 0 aliphatic carbocycles. The second kappa shape index (κ2) is 11.8. The average Bonchev–Trinajstić information content (AvgIpc) is 3.30. The third kappa shape index (κ3) is 6.39. The second-order valence-corrected chi connectivity index (χ2v) is 8.68. The highest BCUT2D eigenvalue weighted by atomic mass is 16.7. The van der Waals surface area contributed by atoms with Crippen LogP contribution in [0.15, 0.2) is 42.5 Å². The van der Waals surface area contributed by atoms with Gasteiger partial charge in [-0.1, -0.05) is 31.5 Å². The smallest absolute Gasteiger partial charge is 0.231 e. The summed E-state index contributed by atoms with van der Waals surface area (Å²) in [5.41, 5.74) is 2.72. The number of carbonyl (C=O) groups is 1. The first-order valence-corrected chi connectivity index (χ1v) is 11.4. The minimum absolute atomic E-state index is 0.331. The van der Waals surface area contributed by atoms with Crippen molar-refractivity contribution in [2.75, 3.05) is 47.6 Å². The molecule has 2 aromatic carbocycles. The van der Waals surface area contributed by atoms with E-state index in [1.54, 1.807) is 19.1 Å². The van der Waals surface area contributed by atoms with Crippen molar-refractivity contribution in [1.82, 2.24) is 9.80 Å². The third-order valence-corrected chi connectivity index (χ3v) is 6.13. The van der Waals surface area contributed by atoms with Gasteiger partial charge in [0.05, 0.1) is 7.11 Å². The van der Waals surface area contributed by atoms with Gasteiger partial charge in [-0.2, -0.15) is 0 Å². The summed E-state index contributed by atoms with van der Waals surface area (Å²) >= 11 is 0. The molecule has 32 heavy (non-hydrogen) atoms. The van der Waals surface area contributed by atoms with Gasteiger partial charge < -0.3 is 24.0 Å². The lowest BCUT2D eigenvalue weighted by Gasteiger charge is -2.36. The van der Waals surface area contributed by atoms with E-state index in [9.17, 15) is 4.79 Å². The third-order valence-electron chi connectivity index (χ3n) is 6.13. The Morgan fingerprint density at radius 3 is 2.38 bits per heavy atom. The Balaban J connectivity index is 0.000000312. The van der Waals surface area contributed by atoms with Crippen LogP contribution in [0.5, 0.6) is 17.2 Å². The molecule has 1 saturated heterocycles. The summed E-state index contributed by atoms with van der Waals surface area (Å²) in [5.74, 6) is 3.68. The maximum absolute atomic E-state index is 9.94. The standard InChI is InChI=1S/C20H23NO3.C6H13NO/c1-21-11-16(14-3-6-18(22-2)7-4-14)9-17(12-21)15-5-8-19-20(10-15)24-13-23-19;1-3-4-5-7(2)6-8/h3-8,10,16-17H,9,11-13H2,1-2H3;6H,3-5H2,1-2H3. The SMILES string of the molecule is CCCCN(C)C=O.COc1ccc(C2CC(c3ccc4c(c3)OCO4)CN(C)C2)cc1. The molecule has 0 bridgehead atoms. The molecule has 174 valence electrons. The molecular formula is C26H36N2O4. The number of rotatable bonds is 7. The zero-order chi connectivity index (χ0) is 22.9. The molecule has 2 aromatic rings. The van der Waals surface area contributed by atoms with Crippen molar-refractivity contribution in [1.29, 1.82) is 0 Å². The van der Waals surface area contributed by atoms with E-state index in [2.05, 4.69) is 55.3 Å². The molecule has 2 unspecified atom stereocenters. The summed E-state index contributed by atoms with van der Waals surface area (Å²) in [6, 6.07) is 14.9. The minimum Gasteiger partial charge on any atom is -0.497 e. The van der Waals surface area contributed by atoms with Crippen LogP contribution in [-0.4, -0.2) is 63.8 Å². The van der Waals surface area contributed by atoms with E-state index < -0.39 is 0 Å². The Bertz CT molecular complexity index is 855. The van der Waals surface area contributed by atoms with Crippen molar-refractivity contribution >= 4 is 6.41 Å². The van der Waals surface area contributed by atoms with E-state index >= 15 is 0 Å². The zero-order valence-corrected chi connectivity index (χ0v) is 19.8. The fourth-order valence-electron chi connectivity index (χ4n) is 4.31. The van der Waals surface area contributed by atoms with E-state index in [0.29, 0.717) is 18.6 Å². The quantitative estimate of drug-likeness (QED) is 0.594. The van der Waals surface area contributed by atoms with Crippen LogP contribution in [-0.2, 0) is 4.79 Å². The normalized spacial score (nSPS) is 19.6. The Morgan fingerprint density at radius 2 is 1.72 bits per heavy atom. The number of hydrogen-bond donors (Lipinski definition) is 0. The minimum atomic E-state index is 0.331. The summed E-state index contributed by atoms with van der Waals surface area (Å²) in [5, 5.41) is 0. The van der Waals surface area contributed by atoms with Crippen molar-refractivity contribution in [3.8, 4) is 17.2 Å². The highest BCUT2D eigenvalue weighted by molar-refractivity contribution is 5.46. The van der Waals surface area contributed by atoms with Crippen LogP contribution in [0.25, 0.3) is 0 Å². The van der Waals surface area contributed by atoms with Gasteiger partial charge >= 0.3 is 0 Å². The fourth-order valence-corrected chi connectivity index (χ4v) is 4.31. The van der Waals surface area contributed by atoms with Crippen LogP contribution in [0.4, 0.5) is 0 Å². The number of likely N-dealkylation sites (tertiary alicyclic amines) is 1. The Morgan fingerprint density at radius 1 is 1.06 bits per heavy atom. The van der Waals surface area contributed by atoms with Gasteiger partial charge in [0.1, 0.15) is 5.75 Å². The fraction of sp³-hybridized carbons (Fsp3) is 0.500. The van der Waals surface area contributed by atoms with Gasteiger partial charge in [-0.05, 0) is 67.1 Å². The largest absolute Gasteiger partial charge is 0.497 e. The summed E-state index contributed by atoms with van der Waals surface area (Å²) in [4.78, 5) is 14.0. The number of piperidine rings is 1. The number of likely N-dealkylation sites (N-methyl/N-ethyl adjacent to an activating group) is 1. The number of benzene rings is 2. The second-order valence-electron chi connectivity index (χ2n) is 8.68. The van der Waals surface area contributed by atoms with Gasteiger partial charge in [0.25, 0.3) is 0 Å². The summed E-state index contributed by atoms with van der Waals surface area (Å²) in [6.07, 6.45) is 4.26. The van der Waals surface area contributed by atoms with Gasteiger partial charge in [-0.25, -0.2) is 0 Å². The molecule has 0 saturated carbocycles. The summed E-state index contributed by atoms with van der Waals surface area (Å²) in [7, 11) is 5.71. The van der Waals surface area contributed by atoms with E-state index in [-0.39, 0.29) is 0 Å². The molecule has 2 heterocycles. The summed E-state index contributed by atoms with van der Waals surface area (Å²) in [6.45, 7) is 5.50. The van der Waals surface area contributed by atoms with Crippen LogP contribution in [0.1, 0.15) is 49.1 Å². The molecular weight excluding hydrogens is 404 g/mol. The van der Waals surface area contributed by atoms with E-state index in [1.807, 2.05) is 6.07 Å². The monoisotopic (exact) mass is 440 g/mol. The number of fused-ring (bicyclic) bond motifs is 1. The first-order valence-electron chi connectivity index (χ1n) is 11.4. The van der Waals surface area contributed by atoms with Gasteiger partial charge in [-0.3, -0.25) is 4.79 Å². The number of unbranched alkanes of at least 4 members (excludes halogenated alkanes) is 1. The van der Waals surface area contributed by atoms with Gasteiger partial charge in [0, 0.05) is 26.7 Å². The Kier molecular flexibility index (Phi) is 8.80. The molecule has 0 spiro atoms. The number of ether oxygens (including phenoxy) is 3. The van der Waals surface area contributed by atoms with Crippen molar-refractivity contribution in [2.45, 2.75) is 38.0 Å². The van der Waals surface area contributed by atoms with Crippen LogP contribution in [0.3, 0.4) is 0 Å². The van der Waals surface area contributed by atoms with Gasteiger partial charge in [-0.15, -0.1) is 0 Å². The molecule has 2 atom stereocenters. The number of hydrogen-bond acceptors (Lipinski definition) is 5. The molecule has 2 aliphatic heterocycles. The van der Waals surface area contributed by atoms with Crippen molar-refractivity contribution in [3.05, 3.63) is 53.6 Å². The highest BCUT2D eigenvalue weighted by Crippen LogP contribution is 2.40. The lowest BCUT2D eigenvalue weighted by atomic mass is 9.81. The molecule has 0 N–H and O–H groups in total. The zero-order valence-electron chi connectivity index (χ0n) is 19.8. The number of amides is 1. The Hall–Kier alpha value is -2.73. The van der Waals surface area contributed by atoms with E-state index in [1.165, 1.54) is 11.1 Å². The predicted octanol–water partition coefficient (Wildman–Crippen LogP) is 4.50. The van der Waals surface area contributed by atoms with E-state index in [0.717, 1.165) is 62.6 Å². The maximum atomic E-state index is 9.94. The molecule has 6 nitrogen and oxygen atoms in total. The van der Waals surface area contributed by atoms with Crippen LogP contribution in [0.2, 0.25) is 0 Å². The predicted molar refractivity (Wildman–Crippen MR) is 127 cm³/mol. The van der Waals surface area contributed by atoms with Gasteiger partial charge in [0.15, 0.2) is 11.5 Å². The molecule has 1 amide bonds. The van der Waals surface area contributed by atoms with Crippen LogP contribution >= 0.6 is 0 Å². The first kappa shape index (κ1) is 23.9. The van der Waals surface area contributed by atoms with Crippen LogP contribution < -0.4 is 14.2 Å². The molecule has 0 radical (unpaired) electrons. The van der Waals surface area contributed by atoms with Crippen molar-refractivity contribution < 1.29 is 19.0 Å². The first-order chi connectivity index (χ1) is 15.5. The molecule has 6 heteroatoms. The van der Waals surface area contributed by atoms with Crippen LogP contribution in [0, 0.1) is 0 Å². The molecule has 2 aliphatic rings. The Labute approximate surface area is 192 Å². The number of nitrogens with zero attached hydrogens (tertiary/aromatic N) is 2. The number of methoxy groups -OCH3 is 1. The summed E-state index contributed by atoms with van der Waals surface area (Å²) < 4.78 is 16.2. The molecule has 4 rings (SSSR count). The van der Waals surface area contributed by atoms with E-state index in [4.69, 9.17) is 14.2 Å². The topological polar surface area (TPSA) is 51.2 Å². The highest BCUT2D eigenvalue weighted by Gasteiger charge is 2.28. The van der Waals surface area contributed by atoms with Crippen molar-refractivity contribution in [2.24, 2.45) is 0 Å². The molecule has 1 fully saturated rings. The number of carbonyl (C=O) groups excluding carboxylic acids is 1. The molecule has 0 aromatic heterocycles. The maximum Gasteiger partial charge on any atom is 0.231 e. The lowest BCUT2D eigenvalue weighted by Crippen LogP contribution is -2.35. The van der Waals surface area contributed by atoms with Gasteiger partial charge in [0.2, 0.25) is 13.2 Å². The average molecular weight is 441 g/mol.